The van der Waals surface area contributed by atoms with Gasteiger partial charge in [-0.15, -0.1) is 0 Å². The molecule has 0 saturated carbocycles. The molecule has 1 aromatic heterocycles. The van der Waals surface area contributed by atoms with Crippen LogP contribution in [0.3, 0.4) is 0 Å². The van der Waals surface area contributed by atoms with Crippen LogP contribution in [0.4, 0.5) is 5.69 Å². The van der Waals surface area contributed by atoms with Crippen LogP contribution in [0.1, 0.15) is 11.1 Å². The number of aromatic nitrogens is 1. The summed E-state index contributed by atoms with van der Waals surface area (Å²) in [7, 11) is 6.50. The Hall–Kier alpha value is -3.52. The van der Waals surface area contributed by atoms with E-state index in [9.17, 15) is 0 Å². The van der Waals surface area contributed by atoms with Gasteiger partial charge in [0.05, 0.1) is 34.1 Å². The Morgan fingerprint density at radius 1 is 0.875 bits per heavy atom. The molecule has 0 atom stereocenters. The highest BCUT2D eigenvalue weighted by molar-refractivity contribution is 7.80. The SMILES string of the molecule is COc1ccc(CN(Cc2cccnc2)C(=S)Nc2ccc(OC)cc2OC)c(OC)c1. The highest BCUT2D eigenvalue weighted by Crippen LogP contribution is 2.30. The summed E-state index contributed by atoms with van der Waals surface area (Å²) in [6.07, 6.45) is 3.58. The minimum Gasteiger partial charge on any atom is -0.497 e. The molecule has 0 spiro atoms. The number of benzene rings is 2. The van der Waals surface area contributed by atoms with Crippen molar-refractivity contribution in [3.63, 3.8) is 0 Å². The summed E-state index contributed by atoms with van der Waals surface area (Å²) in [4.78, 5) is 6.27. The molecule has 0 aliphatic carbocycles. The molecule has 1 N–H and O–H groups in total. The van der Waals surface area contributed by atoms with Crippen LogP contribution in [0, 0.1) is 0 Å². The molecule has 0 aliphatic heterocycles. The zero-order valence-electron chi connectivity index (χ0n) is 18.6. The number of ether oxygens (including phenoxy) is 4. The van der Waals surface area contributed by atoms with Gasteiger partial charge in [-0.2, -0.15) is 0 Å². The van der Waals surface area contributed by atoms with Crippen LogP contribution in [-0.2, 0) is 13.1 Å². The minimum atomic E-state index is 0.520. The first kappa shape index (κ1) is 23.1. The second kappa shape index (κ2) is 11.2. The van der Waals surface area contributed by atoms with Gasteiger partial charge in [-0.1, -0.05) is 6.07 Å². The van der Waals surface area contributed by atoms with Crippen LogP contribution >= 0.6 is 12.2 Å². The number of methoxy groups -OCH3 is 4. The Kier molecular flexibility index (Phi) is 8.10. The summed E-state index contributed by atoms with van der Waals surface area (Å²) in [6, 6.07) is 15.2. The number of pyridine rings is 1. The number of nitrogens with one attached hydrogen (secondary N) is 1. The van der Waals surface area contributed by atoms with Crippen molar-refractivity contribution < 1.29 is 18.9 Å². The minimum absolute atomic E-state index is 0.520. The zero-order chi connectivity index (χ0) is 22.9. The van der Waals surface area contributed by atoms with Gasteiger partial charge in [0, 0.05) is 43.2 Å². The Labute approximate surface area is 193 Å². The van der Waals surface area contributed by atoms with Gasteiger partial charge in [-0.3, -0.25) is 4.98 Å². The fourth-order valence-corrected chi connectivity index (χ4v) is 3.43. The maximum absolute atomic E-state index is 5.79. The van der Waals surface area contributed by atoms with Crippen LogP contribution in [0.5, 0.6) is 23.0 Å². The Morgan fingerprint density at radius 2 is 1.56 bits per heavy atom. The lowest BCUT2D eigenvalue weighted by molar-refractivity contribution is 0.370. The van der Waals surface area contributed by atoms with E-state index in [0.29, 0.717) is 29.7 Å². The van der Waals surface area contributed by atoms with Crippen molar-refractivity contribution >= 4 is 23.0 Å². The van der Waals surface area contributed by atoms with E-state index in [0.717, 1.165) is 28.3 Å². The molecule has 0 saturated heterocycles. The number of rotatable bonds is 9. The van der Waals surface area contributed by atoms with E-state index in [1.54, 1.807) is 34.6 Å². The molecule has 0 unspecified atom stereocenters. The number of hydrogen-bond acceptors (Lipinski definition) is 6. The molecule has 0 bridgehead atoms. The zero-order valence-corrected chi connectivity index (χ0v) is 19.4. The van der Waals surface area contributed by atoms with E-state index in [-0.39, 0.29) is 0 Å². The Morgan fingerprint density at radius 3 is 2.19 bits per heavy atom. The second-order valence-electron chi connectivity index (χ2n) is 6.89. The van der Waals surface area contributed by atoms with Gasteiger partial charge in [0.25, 0.3) is 0 Å². The largest absolute Gasteiger partial charge is 0.497 e. The molecule has 32 heavy (non-hydrogen) atoms. The number of hydrogen-bond donors (Lipinski definition) is 1. The first-order valence-electron chi connectivity index (χ1n) is 9.95. The predicted octanol–water partition coefficient (Wildman–Crippen LogP) is 4.52. The summed E-state index contributed by atoms with van der Waals surface area (Å²) in [6.45, 7) is 1.08. The van der Waals surface area contributed by atoms with Gasteiger partial charge < -0.3 is 29.2 Å². The van der Waals surface area contributed by atoms with Crippen LogP contribution in [0.15, 0.2) is 60.9 Å². The smallest absolute Gasteiger partial charge is 0.174 e. The third-order valence-electron chi connectivity index (χ3n) is 4.89. The molecule has 3 aromatic rings. The lowest BCUT2D eigenvalue weighted by Gasteiger charge is -2.27. The third kappa shape index (κ3) is 5.79. The standard InChI is InChI=1S/C24H27N3O4S/c1-28-19-8-7-18(22(12-19)30-3)16-27(15-17-6-5-11-25-14-17)24(32)26-21-10-9-20(29-2)13-23(21)31-4/h5-14H,15-16H2,1-4H3,(H,26,32). The lowest BCUT2D eigenvalue weighted by Crippen LogP contribution is -2.34. The maximum Gasteiger partial charge on any atom is 0.174 e. The van der Waals surface area contributed by atoms with E-state index in [1.807, 2.05) is 59.6 Å². The van der Waals surface area contributed by atoms with Gasteiger partial charge in [-0.05, 0) is 48.1 Å². The van der Waals surface area contributed by atoms with Gasteiger partial charge in [0.2, 0.25) is 0 Å². The van der Waals surface area contributed by atoms with Crippen LogP contribution < -0.4 is 24.3 Å². The number of anilines is 1. The predicted molar refractivity (Wildman–Crippen MR) is 129 cm³/mol. The third-order valence-corrected chi connectivity index (χ3v) is 5.25. The Balaban J connectivity index is 1.88. The summed E-state index contributed by atoms with van der Waals surface area (Å²) < 4.78 is 21.7. The van der Waals surface area contributed by atoms with Gasteiger partial charge in [0.1, 0.15) is 23.0 Å². The van der Waals surface area contributed by atoms with E-state index in [4.69, 9.17) is 31.2 Å². The number of nitrogens with zero attached hydrogens (tertiary/aromatic N) is 2. The summed E-state index contributed by atoms with van der Waals surface area (Å²) >= 11 is 5.79. The first-order valence-corrected chi connectivity index (χ1v) is 10.4. The van der Waals surface area contributed by atoms with Crippen molar-refractivity contribution in [2.45, 2.75) is 13.1 Å². The molecule has 0 amide bonds. The topological polar surface area (TPSA) is 65.1 Å². The summed E-state index contributed by atoms with van der Waals surface area (Å²) in [5, 5.41) is 3.84. The molecule has 0 radical (unpaired) electrons. The normalized spacial score (nSPS) is 10.2. The van der Waals surface area contributed by atoms with Crippen molar-refractivity contribution in [1.82, 2.24) is 9.88 Å². The average Bonchev–Trinajstić information content (AvgIpc) is 2.84. The molecule has 2 aromatic carbocycles. The molecule has 1 heterocycles. The van der Waals surface area contributed by atoms with Crippen LogP contribution in [0.2, 0.25) is 0 Å². The lowest BCUT2D eigenvalue weighted by atomic mass is 10.1. The fourth-order valence-electron chi connectivity index (χ4n) is 3.20. The fraction of sp³-hybridized carbons (Fsp3) is 0.250. The molecule has 3 rings (SSSR count). The Bertz CT molecular complexity index is 1050. The van der Waals surface area contributed by atoms with Crippen molar-refractivity contribution in [2.75, 3.05) is 33.8 Å². The summed E-state index contributed by atoms with van der Waals surface area (Å²) in [5.41, 5.74) is 2.75. The van der Waals surface area contributed by atoms with Crippen molar-refractivity contribution in [2.24, 2.45) is 0 Å². The van der Waals surface area contributed by atoms with Gasteiger partial charge in [-0.25, -0.2) is 0 Å². The van der Waals surface area contributed by atoms with E-state index in [1.165, 1.54) is 0 Å². The van der Waals surface area contributed by atoms with Gasteiger partial charge in [0.15, 0.2) is 5.11 Å². The highest BCUT2D eigenvalue weighted by atomic mass is 32.1. The maximum atomic E-state index is 5.79. The monoisotopic (exact) mass is 453 g/mol. The quantitative estimate of drug-likeness (QED) is 0.475. The molecule has 0 fully saturated rings. The van der Waals surface area contributed by atoms with Crippen molar-refractivity contribution in [3.8, 4) is 23.0 Å². The molecular formula is C24H27N3O4S. The van der Waals surface area contributed by atoms with Crippen LogP contribution in [0.25, 0.3) is 0 Å². The molecule has 0 aliphatic rings. The van der Waals surface area contributed by atoms with E-state index >= 15 is 0 Å². The molecule has 168 valence electrons. The van der Waals surface area contributed by atoms with Gasteiger partial charge >= 0.3 is 0 Å². The highest BCUT2D eigenvalue weighted by Gasteiger charge is 2.17. The summed E-state index contributed by atoms with van der Waals surface area (Å²) in [5.74, 6) is 2.79. The van der Waals surface area contributed by atoms with E-state index in [2.05, 4.69) is 10.3 Å². The molecule has 8 heteroatoms. The second-order valence-corrected chi connectivity index (χ2v) is 7.28. The van der Waals surface area contributed by atoms with E-state index < -0.39 is 0 Å². The number of thiocarbonyl (C=S) groups is 1. The van der Waals surface area contributed by atoms with Crippen molar-refractivity contribution in [1.29, 1.82) is 0 Å². The average molecular weight is 454 g/mol. The van der Waals surface area contributed by atoms with Crippen LogP contribution in [-0.4, -0.2) is 43.4 Å². The molecular weight excluding hydrogens is 426 g/mol. The first-order chi connectivity index (χ1) is 15.6. The molecule has 7 nitrogen and oxygen atoms in total. The van der Waals surface area contributed by atoms with Crippen molar-refractivity contribution in [3.05, 3.63) is 72.1 Å².